The zero-order valence-electron chi connectivity index (χ0n) is 8.30. The molecule has 0 amide bonds. The van der Waals surface area contributed by atoms with Crippen molar-refractivity contribution in [2.24, 2.45) is 0 Å². The average Bonchev–Trinajstić information content (AvgIpc) is 2.22. The first-order valence-corrected chi connectivity index (χ1v) is 5.12. The van der Waals surface area contributed by atoms with Crippen molar-refractivity contribution in [3.05, 3.63) is 47.3 Å². The molecular formula is C12H12ClFO. The fourth-order valence-electron chi connectivity index (χ4n) is 1.25. The number of benzene rings is 1. The molecule has 0 aliphatic rings. The number of Topliss-reactive ketones (excluding diaryl/α,β-unsaturated/α-hetero) is 1. The maximum absolute atomic E-state index is 13.2. The lowest BCUT2D eigenvalue weighted by Crippen LogP contribution is -2.02. The van der Waals surface area contributed by atoms with E-state index in [1.807, 2.05) is 0 Å². The van der Waals surface area contributed by atoms with Gasteiger partial charge in [-0.2, -0.15) is 0 Å². The first kappa shape index (κ1) is 11.9. The molecule has 0 aliphatic heterocycles. The average molecular weight is 227 g/mol. The van der Waals surface area contributed by atoms with Crippen LogP contribution in [0.1, 0.15) is 29.6 Å². The molecule has 15 heavy (non-hydrogen) atoms. The van der Waals surface area contributed by atoms with Crippen LogP contribution in [0, 0.1) is 5.82 Å². The van der Waals surface area contributed by atoms with E-state index in [1.54, 1.807) is 6.08 Å². The normalized spacial score (nSPS) is 10.0. The highest BCUT2D eigenvalue weighted by Gasteiger charge is 2.11. The number of hydrogen-bond acceptors (Lipinski definition) is 1. The smallest absolute Gasteiger partial charge is 0.165 e. The molecule has 80 valence electrons. The molecule has 0 saturated carbocycles. The van der Waals surface area contributed by atoms with Gasteiger partial charge in [0.2, 0.25) is 0 Å². The number of hydrogen-bond donors (Lipinski definition) is 0. The van der Waals surface area contributed by atoms with Gasteiger partial charge in [0, 0.05) is 11.4 Å². The van der Waals surface area contributed by atoms with Crippen LogP contribution < -0.4 is 0 Å². The maximum atomic E-state index is 13.2. The summed E-state index contributed by atoms with van der Waals surface area (Å²) in [7, 11) is 0. The molecule has 0 bridgehead atoms. The van der Waals surface area contributed by atoms with E-state index in [0.29, 0.717) is 17.9 Å². The molecule has 1 nitrogen and oxygen atoms in total. The molecule has 1 rings (SSSR count). The Bertz CT molecular complexity index is 374. The van der Waals surface area contributed by atoms with Gasteiger partial charge in [-0.25, -0.2) is 4.39 Å². The van der Waals surface area contributed by atoms with E-state index >= 15 is 0 Å². The number of ketones is 1. The molecule has 0 N–H and O–H groups in total. The topological polar surface area (TPSA) is 17.1 Å². The summed E-state index contributed by atoms with van der Waals surface area (Å²) in [6.45, 7) is 3.56. The molecule has 3 heteroatoms. The van der Waals surface area contributed by atoms with E-state index in [0.717, 1.165) is 6.42 Å². The number of carbonyl (C=O) groups is 1. The summed E-state index contributed by atoms with van der Waals surface area (Å²) in [5.41, 5.74) is 0.0755. The highest BCUT2D eigenvalue weighted by molar-refractivity contribution is 6.31. The molecule has 0 saturated heterocycles. The van der Waals surface area contributed by atoms with Crippen LogP contribution in [0.5, 0.6) is 0 Å². The SMILES string of the molecule is C=CCCCC(=O)c1cc(Cl)ccc1F. The van der Waals surface area contributed by atoms with Crippen molar-refractivity contribution in [2.75, 3.05) is 0 Å². The van der Waals surface area contributed by atoms with Crippen LogP contribution in [0.15, 0.2) is 30.9 Å². The Morgan fingerprint density at radius 2 is 2.27 bits per heavy atom. The molecule has 1 aromatic rings. The minimum absolute atomic E-state index is 0.0755. The third-order valence-corrected chi connectivity index (χ3v) is 2.28. The standard InChI is InChI=1S/C12H12ClFO/c1-2-3-4-5-12(15)10-8-9(13)6-7-11(10)14/h2,6-8H,1,3-5H2. The minimum Gasteiger partial charge on any atom is -0.294 e. The predicted octanol–water partition coefficient (Wildman–Crippen LogP) is 4.02. The first-order chi connectivity index (χ1) is 7.15. The van der Waals surface area contributed by atoms with E-state index in [1.165, 1.54) is 18.2 Å². The summed E-state index contributed by atoms with van der Waals surface area (Å²) in [6, 6.07) is 4.01. The Hall–Kier alpha value is -1.15. The number of halogens is 2. The summed E-state index contributed by atoms with van der Waals surface area (Å²) in [4.78, 5) is 11.6. The van der Waals surface area contributed by atoms with E-state index in [4.69, 9.17) is 11.6 Å². The van der Waals surface area contributed by atoms with Crippen molar-refractivity contribution in [2.45, 2.75) is 19.3 Å². The van der Waals surface area contributed by atoms with Gasteiger partial charge in [0.25, 0.3) is 0 Å². The number of rotatable bonds is 5. The van der Waals surface area contributed by atoms with Crippen LogP contribution in [0.2, 0.25) is 5.02 Å². The van der Waals surface area contributed by atoms with Gasteiger partial charge in [0.15, 0.2) is 5.78 Å². The molecule has 0 heterocycles. The maximum Gasteiger partial charge on any atom is 0.165 e. The quantitative estimate of drug-likeness (QED) is 0.421. The first-order valence-electron chi connectivity index (χ1n) is 4.74. The summed E-state index contributed by atoms with van der Waals surface area (Å²) in [6.07, 6.45) is 3.51. The number of unbranched alkanes of at least 4 members (excludes halogenated alkanes) is 1. The van der Waals surface area contributed by atoms with E-state index in [9.17, 15) is 9.18 Å². The van der Waals surface area contributed by atoms with E-state index < -0.39 is 5.82 Å². The predicted molar refractivity (Wildman–Crippen MR) is 59.8 cm³/mol. The molecular weight excluding hydrogens is 215 g/mol. The van der Waals surface area contributed by atoms with Gasteiger partial charge in [-0.1, -0.05) is 17.7 Å². The van der Waals surface area contributed by atoms with Crippen molar-refractivity contribution in [1.82, 2.24) is 0 Å². The second kappa shape index (κ2) is 5.66. The lowest BCUT2D eigenvalue weighted by atomic mass is 10.1. The van der Waals surface area contributed by atoms with Crippen LogP contribution in [0.4, 0.5) is 4.39 Å². The van der Waals surface area contributed by atoms with Gasteiger partial charge < -0.3 is 0 Å². The molecule has 0 atom stereocenters. The van der Waals surface area contributed by atoms with E-state index in [-0.39, 0.29) is 11.3 Å². The van der Waals surface area contributed by atoms with Crippen LogP contribution in [-0.4, -0.2) is 5.78 Å². The fraction of sp³-hybridized carbons (Fsp3) is 0.250. The number of allylic oxidation sites excluding steroid dienone is 1. The summed E-state index contributed by atoms with van der Waals surface area (Å²) in [5.74, 6) is -0.722. The monoisotopic (exact) mass is 226 g/mol. The Kier molecular flexibility index (Phi) is 4.50. The van der Waals surface area contributed by atoms with Crippen molar-refractivity contribution in [1.29, 1.82) is 0 Å². The second-order valence-corrected chi connectivity index (χ2v) is 3.66. The third-order valence-electron chi connectivity index (χ3n) is 2.04. The van der Waals surface area contributed by atoms with Gasteiger partial charge in [0.1, 0.15) is 5.82 Å². The van der Waals surface area contributed by atoms with Gasteiger partial charge in [-0.05, 0) is 31.0 Å². The van der Waals surface area contributed by atoms with Gasteiger partial charge in [0.05, 0.1) is 5.56 Å². The summed E-state index contributed by atoms with van der Waals surface area (Å²) < 4.78 is 13.2. The van der Waals surface area contributed by atoms with Crippen molar-refractivity contribution < 1.29 is 9.18 Å². The summed E-state index contributed by atoms with van der Waals surface area (Å²) >= 11 is 5.69. The molecule has 0 aromatic heterocycles. The summed E-state index contributed by atoms with van der Waals surface area (Å²) in [5, 5.41) is 0.378. The second-order valence-electron chi connectivity index (χ2n) is 3.23. The highest BCUT2D eigenvalue weighted by Crippen LogP contribution is 2.17. The Morgan fingerprint density at radius 1 is 1.53 bits per heavy atom. The van der Waals surface area contributed by atoms with Crippen molar-refractivity contribution >= 4 is 17.4 Å². The Morgan fingerprint density at radius 3 is 2.93 bits per heavy atom. The van der Waals surface area contributed by atoms with Gasteiger partial charge in [-0.15, -0.1) is 6.58 Å². The largest absolute Gasteiger partial charge is 0.294 e. The Balaban J connectivity index is 2.72. The molecule has 0 aliphatic carbocycles. The minimum atomic E-state index is -0.511. The molecule has 0 spiro atoms. The van der Waals surface area contributed by atoms with Crippen molar-refractivity contribution in [3.63, 3.8) is 0 Å². The van der Waals surface area contributed by atoms with E-state index in [2.05, 4.69) is 6.58 Å². The molecule has 0 fully saturated rings. The lowest BCUT2D eigenvalue weighted by Gasteiger charge is -2.02. The third kappa shape index (κ3) is 3.48. The number of carbonyl (C=O) groups excluding carboxylic acids is 1. The van der Waals surface area contributed by atoms with Crippen molar-refractivity contribution in [3.8, 4) is 0 Å². The Labute approximate surface area is 93.6 Å². The zero-order valence-corrected chi connectivity index (χ0v) is 9.06. The zero-order chi connectivity index (χ0) is 11.3. The van der Waals surface area contributed by atoms with Gasteiger partial charge in [-0.3, -0.25) is 4.79 Å². The fourth-order valence-corrected chi connectivity index (χ4v) is 1.42. The van der Waals surface area contributed by atoms with Crippen LogP contribution in [0.3, 0.4) is 0 Å². The van der Waals surface area contributed by atoms with Crippen LogP contribution in [-0.2, 0) is 0 Å². The molecule has 0 radical (unpaired) electrons. The molecule has 1 aromatic carbocycles. The highest BCUT2D eigenvalue weighted by atomic mass is 35.5. The lowest BCUT2D eigenvalue weighted by molar-refractivity contribution is 0.0976. The van der Waals surface area contributed by atoms with Gasteiger partial charge >= 0.3 is 0 Å². The van der Waals surface area contributed by atoms with Crippen LogP contribution >= 0.6 is 11.6 Å². The molecule has 0 unspecified atom stereocenters. The van der Waals surface area contributed by atoms with Crippen LogP contribution in [0.25, 0.3) is 0 Å².